The maximum atomic E-state index is 13.1. The summed E-state index contributed by atoms with van der Waals surface area (Å²) >= 11 is 1.52. The number of rotatable bonds is 19. The van der Waals surface area contributed by atoms with Gasteiger partial charge in [0.05, 0.1) is 12.4 Å². The van der Waals surface area contributed by atoms with Crippen LogP contribution in [-0.2, 0) is 30.4 Å². The summed E-state index contributed by atoms with van der Waals surface area (Å²) in [7, 11) is 0. The van der Waals surface area contributed by atoms with Gasteiger partial charge in [-0.1, -0.05) is 0 Å². The normalized spacial score (nSPS) is 14.1. The van der Waals surface area contributed by atoms with E-state index in [9.17, 15) is 29.1 Å². The van der Waals surface area contributed by atoms with Crippen LogP contribution in [0.5, 0.6) is 0 Å². The molecule has 0 saturated carbocycles. The lowest BCUT2D eigenvalue weighted by Gasteiger charge is -2.25. The molecule has 4 unspecified atom stereocenters. The second kappa shape index (κ2) is 17.3. The topological polar surface area (TPSA) is 243 Å². The second-order valence-electron chi connectivity index (χ2n) is 8.41. The fourth-order valence-electron chi connectivity index (χ4n) is 3.31. The highest BCUT2D eigenvalue weighted by atomic mass is 32.2. The fourth-order valence-corrected chi connectivity index (χ4v) is 3.80. The van der Waals surface area contributed by atoms with Crippen molar-refractivity contribution in [3.63, 3.8) is 0 Å². The van der Waals surface area contributed by atoms with Gasteiger partial charge in [0.2, 0.25) is 17.7 Å². The van der Waals surface area contributed by atoms with E-state index < -0.39 is 60.2 Å². The molecule has 1 rings (SSSR count). The minimum atomic E-state index is -1.36. The van der Waals surface area contributed by atoms with Gasteiger partial charge < -0.3 is 42.6 Å². The van der Waals surface area contributed by atoms with Crippen LogP contribution in [0.15, 0.2) is 12.5 Å². The van der Waals surface area contributed by atoms with Crippen molar-refractivity contribution in [3.8, 4) is 0 Å². The molecule has 0 fully saturated rings. The standard InChI is InChI=1S/C22H37N7O7S/c1-37-9-7-14(24)19(32)27-15(4-2-3-8-23)20(33)28-16(5-6-18(30)31)21(34)29-17(22(35)36)10-13-11-25-12-26-13/h11-12,14-17H,2-10,23-24H2,1H3,(H,25,26)(H,27,32)(H,28,33)(H,29,34)(H,30,31)(H,35,36). The predicted octanol–water partition coefficient (Wildman–Crippen LogP) is -1.43. The van der Waals surface area contributed by atoms with Crippen molar-refractivity contribution >= 4 is 41.4 Å². The number of nitrogens with zero attached hydrogens (tertiary/aromatic N) is 1. The zero-order chi connectivity index (χ0) is 27.8. The highest BCUT2D eigenvalue weighted by Gasteiger charge is 2.30. The van der Waals surface area contributed by atoms with E-state index in [0.29, 0.717) is 37.3 Å². The van der Waals surface area contributed by atoms with Crippen LogP contribution >= 0.6 is 11.8 Å². The average Bonchev–Trinajstić information content (AvgIpc) is 3.36. The quantitative estimate of drug-likeness (QED) is 0.0939. The van der Waals surface area contributed by atoms with Crippen LogP contribution in [0.2, 0.25) is 0 Å². The average molecular weight is 544 g/mol. The number of carboxylic acid groups (broad SMARTS) is 2. The van der Waals surface area contributed by atoms with Gasteiger partial charge in [0.15, 0.2) is 0 Å². The molecule has 3 amide bonds. The summed E-state index contributed by atoms with van der Waals surface area (Å²) in [5.74, 6) is -3.98. The third-order valence-corrected chi connectivity index (χ3v) is 6.07. The van der Waals surface area contributed by atoms with Gasteiger partial charge in [0.25, 0.3) is 0 Å². The van der Waals surface area contributed by atoms with E-state index in [0.717, 1.165) is 0 Å². The van der Waals surface area contributed by atoms with Crippen LogP contribution in [0.25, 0.3) is 0 Å². The van der Waals surface area contributed by atoms with Crippen molar-refractivity contribution in [1.82, 2.24) is 25.9 Å². The summed E-state index contributed by atoms with van der Waals surface area (Å²) in [4.78, 5) is 67.9. The molecule has 0 radical (unpaired) electrons. The van der Waals surface area contributed by atoms with Crippen molar-refractivity contribution in [3.05, 3.63) is 18.2 Å². The minimum Gasteiger partial charge on any atom is -0.481 e. The summed E-state index contributed by atoms with van der Waals surface area (Å²) in [6.45, 7) is 0.381. The highest BCUT2D eigenvalue weighted by Crippen LogP contribution is 2.07. The first-order valence-electron chi connectivity index (χ1n) is 11.9. The van der Waals surface area contributed by atoms with E-state index in [4.69, 9.17) is 16.6 Å². The summed E-state index contributed by atoms with van der Waals surface area (Å²) in [6.07, 6.45) is 5.51. The number of thioether (sulfide) groups is 1. The molecule has 1 aromatic rings. The number of aromatic nitrogens is 2. The number of carbonyl (C=O) groups excluding carboxylic acids is 3. The van der Waals surface area contributed by atoms with Crippen LogP contribution in [-0.4, -0.2) is 92.6 Å². The van der Waals surface area contributed by atoms with Gasteiger partial charge in [-0.05, 0) is 50.7 Å². The molecule has 0 spiro atoms. The van der Waals surface area contributed by atoms with Crippen molar-refractivity contribution in [1.29, 1.82) is 0 Å². The number of amides is 3. The van der Waals surface area contributed by atoms with Crippen LogP contribution in [0, 0.1) is 0 Å². The first kappa shape index (κ1) is 31.9. The van der Waals surface area contributed by atoms with Crippen LogP contribution in [0.4, 0.5) is 0 Å². The Kier molecular flexibility index (Phi) is 14.9. The van der Waals surface area contributed by atoms with Gasteiger partial charge in [0, 0.05) is 24.7 Å². The SMILES string of the molecule is CSCCC(N)C(=O)NC(CCCCN)C(=O)NC(CCC(=O)O)C(=O)NC(Cc1cnc[nH]1)C(=O)O. The monoisotopic (exact) mass is 543 g/mol. The van der Waals surface area contributed by atoms with Crippen LogP contribution < -0.4 is 27.4 Å². The first-order valence-corrected chi connectivity index (χ1v) is 13.3. The Hall–Kier alpha value is -3.17. The zero-order valence-electron chi connectivity index (χ0n) is 20.8. The van der Waals surface area contributed by atoms with Crippen molar-refractivity contribution < 1.29 is 34.2 Å². The van der Waals surface area contributed by atoms with E-state index in [2.05, 4.69) is 25.9 Å². The molecule has 14 nitrogen and oxygen atoms in total. The van der Waals surface area contributed by atoms with Gasteiger partial charge in [-0.3, -0.25) is 19.2 Å². The van der Waals surface area contributed by atoms with Crippen LogP contribution in [0.1, 0.15) is 44.2 Å². The van der Waals surface area contributed by atoms with Crippen molar-refractivity contribution in [2.75, 3.05) is 18.6 Å². The number of nitrogens with one attached hydrogen (secondary N) is 4. The number of unbranched alkanes of at least 4 members (excludes halogenated alkanes) is 1. The molecule has 10 N–H and O–H groups in total. The van der Waals surface area contributed by atoms with Gasteiger partial charge in [-0.25, -0.2) is 9.78 Å². The molecule has 4 atom stereocenters. The summed E-state index contributed by atoms with van der Waals surface area (Å²) in [5.41, 5.74) is 11.9. The summed E-state index contributed by atoms with van der Waals surface area (Å²) < 4.78 is 0. The second-order valence-corrected chi connectivity index (χ2v) is 9.39. The molecule has 0 bridgehead atoms. The highest BCUT2D eigenvalue weighted by molar-refractivity contribution is 7.98. The predicted molar refractivity (Wildman–Crippen MR) is 136 cm³/mol. The van der Waals surface area contributed by atoms with Gasteiger partial charge in [0.1, 0.15) is 18.1 Å². The molecule has 0 aliphatic carbocycles. The van der Waals surface area contributed by atoms with Gasteiger partial charge in [-0.2, -0.15) is 11.8 Å². The zero-order valence-corrected chi connectivity index (χ0v) is 21.6. The maximum absolute atomic E-state index is 13.1. The summed E-state index contributed by atoms with van der Waals surface area (Å²) in [6, 6.07) is -4.58. The Morgan fingerprint density at radius 1 is 0.973 bits per heavy atom. The largest absolute Gasteiger partial charge is 0.481 e. The molecular formula is C22H37N7O7S. The first-order chi connectivity index (χ1) is 17.6. The lowest BCUT2D eigenvalue weighted by molar-refractivity contribution is -0.143. The lowest BCUT2D eigenvalue weighted by atomic mass is 10.0. The Morgan fingerprint density at radius 3 is 2.14 bits per heavy atom. The lowest BCUT2D eigenvalue weighted by Crippen LogP contribution is -2.57. The maximum Gasteiger partial charge on any atom is 0.326 e. The molecule has 0 aliphatic rings. The fraction of sp³-hybridized carbons (Fsp3) is 0.636. The molecule has 0 saturated heterocycles. The van der Waals surface area contributed by atoms with E-state index >= 15 is 0 Å². The molecule has 0 aliphatic heterocycles. The number of hydrogen-bond acceptors (Lipinski definition) is 9. The van der Waals surface area contributed by atoms with Crippen molar-refractivity contribution in [2.24, 2.45) is 11.5 Å². The Morgan fingerprint density at radius 2 is 1.59 bits per heavy atom. The molecule has 37 heavy (non-hydrogen) atoms. The molecular weight excluding hydrogens is 506 g/mol. The van der Waals surface area contributed by atoms with E-state index in [1.807, 2.05) is 6.26 Å². The number of aromatic amines is 1. The van der Waals surface area contributed by atoms with Gasteiger partial charge in [-0.15, -0.1) is 0 Å². The number of carbonyl (C=O) groups is 5. The number of imidazole rings is 1. The number of hydrogen-bond donors (Lipinski definition) is 8. The third kappa shape index (κ3) is 12.6. The Balaban J connectivity index is 2.98. The Bertz CT molecular complexity index is 885. The molecule has 15 heteroatoms. The van der Waals surface area contributed by atoms with E-state index in [1.54, 1.807) is 0 Å². The van der Waals surface area contributed by atoms with E-state index in [1.165, 1.54) is 24.3 Å². The molecule has 0 aromatic carbocycles. The minimum absolute atomic E-state index is 0.105. The molecule has 1 aromatic heterocycles. The molecule has 208 valence electrons. The summed E-state index contributed by atoms with van der Waals surface area (Å²) in [5, 5.41) is 26.0. The van der Waals surface area contributed by atoms with Crippen molar-refractivity contribution in [2.45, 2.75) is 69.1 Å². The number of H-pyrrole nitrogens is 1. The van der Waals surface area contributed by atoms with Gasteiger partial charge >= 0.3 is 11.9 Å². The van der Waals surface area contributed by atoms with Crippen LogP contribution in [0.3, 0.4) is 0 Å². The third-order valence-electron chi connectivity index (χ3n) is 5.42. The number of carboxylic acids is 2. The molecule has 1 heterocycles. The number of nitrogens with two attached hydrogens (primary N) is 2. The van der Waals surface area contributed by atoms with E-state index in [-0.39, 0.29) is 19.3 Å². The number of aliphatic carboxylic acids is 2. The Labute approximate surface area is 219 Å². The smallest absolute Gasteiger partial charge is 0.326 e.